The van der Waals surface area contributed by atoms with Crippen molar-refractivity contribution in [2.45, 2.75) is 34.6 Å². The third-order valence-corrected chi connectivity index (χ3v) is 2.91. The minimum atomic E-state index is 0. The van der Waals surface area contributed by atoms with Gasteiger partial charge in [0, 0.05) is 6.61 Å². The number of rotatable bonds is 2. The molecule has 1 N–H and O–H groups in total. The van der Waals surface area contributed by atoms with Crippen molar-refractivity contribution in [2.24, 2.45) is 5.92 Å². The molecule has 1 nitrogen and oxygen atoms in total. The molecule has 0 aliphatic carbocycles. The molecule has 0 bridgehead atoms. The summed E-state index contributed by atoms with van der Waals surface area (Å²) in [6.07, 6.45) is 1.08. The van der Waals surface area contributed by atoms with E-state index in [1.165, 1.54) is 16.3 Å². The highest BCUT2D eigenvalue weighted by molar-refractivity contribution is 5.82. The summed E-state index contributed by atoms with van der Waals surface area (Å²) in [6, 6.07) is 14.9. The van der Waals surface area contributed by atoms with Gasteiger partial charge in [0.1, 0.15) is 0 Å². The molecule has 1 heteroatoms. The van der Waals surface area contributed by atoms with Gasteiger partial charge in [-0.3, -0.25) is 0 Å². The molecule has 0 saturated carbocycles. The molecule has 2 aromatic rings. The van der Waals surface area contributed by atoms with Gasteiger partial charge < -0.3 is 5.11 Å². The van der Waals surface area contributed by atoms with Crippen molar-refractivity contribution in [1.82, 2.24) is 0 Å². The Kier molecular flexibility index (Phi) is 8.06. The summed E-state index contributed by atoms with van der Waals surface area (Å²) >= 11 is 0. The molecule has 0 unspecified atom stereocenters. The molecule has 18 heavy (non-hydrogen) atoms. The zero-order valence-corrected chi connectivity index (χ0v) is 11.0. The minimum Gasteiger partial charge on any atom is -0.396 e. The molecule has 0 aromatic heterocycles. The van der Waals surface area contributed by atoms with Crippen molar-refractivity contribution in [2.75, 3.05) is 6.61 Å². The predicted molar refractivity (Wildman–Crippen MR) is 82.0 cm³/mol. The Hall–Kier alpha value is -1.34. The number of benzene rings is 2. The Labute approximate surface area is 111 Å². The van der Waals surface area contributed by atoms with Gasteiger partial charge in [-0.1, -0.05) is 75.7 Å². The molecule has 0 spiro atoms. The second-order valence-electron chi connectivity index (χ2n) is 4.55. The van der Waals surface area contributed by atoms with Gasteiger partial charge in [0.25, 0.3) is 0 Å². The molecule has 0 aliphatic rings. The zero-order chi connectivity index (χ0) is 12.7. The van der Waals surface area contributed by atoms with E-state index < -0.39 is 0 Å². The lowest BCUT2D eigenvalue weighted by Crippen LogP contribution is -1.96. The second-order valence-corrected chi connectivity index (χ2v) is 4.55. The van der Waals surface area contributed by atoms with Gasteiger partial charge in [0.2, 0.25) is 0 Å². The quantitative estimate of drug-likeness (QED) is 0.806. The maximum absolute atomic E-state index is 8.33. The summed E-state index contributed by atoms with van der Waals surface area (Å²) in [5.74, 6) is 0.491. The fourth-order valence-electron chi connectivity index (χ4n) is 1.44. The van der Waals surface area contributed by atoms with Crippen LogP contribution in [0.15, 0.2) is 42.5 Å². The van der Waals surface area contributed by atoms with Crippen LogP contribution in [0.5, 0.6) is 0 Å². The standard InChI is InChI=1S/C11H10.C5H12O.CH4/c1-9-6-7-10-4-2-3-5-11(10)8-9;1-3-5(2)4-6;/h2-8H,1H3;5-6H,3-4H2,1-2H3;1H4/t;5-;/m.0./s1. The van der Waals surface area contributed by atoms with Crippen molar-refractivity contribution >= 4 is 10.8 Å². The van der Waals surface area contributed by atoms with E-state index >= 15 is 0 Å². The van der Waals surface area contributed by atoms with Crippen molar-refractivity contribution in [3.8, 4) is 0 Å². The third kappa shape index (κ3) is 5.33. The van der Waals surface area contributed by atoms with Crippen LogP contribution in [0.1, 0.15) is 33.3 Å². The molecule has 0 fully saturated rings. The van der Waals surface area contributed by atoms with E-state index in [2.05, 4.69) is 56.3 Å². The summed E-state index contributed by atoms with van der Waals surface area (Å²) in [6.45, 7) is 6.55. The Bertz CT molecular complexity index is 444. The van der Waals surface area contributed by atoms with Gasteiger partial charge in [-0.25, -0.2) is 0 Å². The second kappa shape index (κ2) is 8.71. The van der Waals surface area contributed by atoms with Crippen molar-refractivity contribution < 1.29 is 5.11 Å². The molecule has 1 atom stereocenters. The maximum atomic E-state index is 8.33. The largest absolute Gasteiger partial charge is 0.396 e. The molecule has 0 heterocycles. The summed E-state index contributed by atoms with van der Waals surface area (Å²) in [7, 11) is 0. The molecule has 2 aromatic carbocycles. The fourth-order valence-corrected chi connectivity index (χ4v) is 1.44. The smallest absolute Gasteiger partial charge is 0.0456 e. The van der Waals surface area contributed by atoms with E-state index in [1.54, 1.807) is 0 Å². The SMILES string of the molecule is C.CC[C@H](C)CO.Cc1ccc2ccccc2c1. The van der Waals surface area contributed by atoms with E-state index in [0.717, 1.165) is 6.42 Å². The van der Waals surface area contributed by atoms with E-state index in [1.807, 2.05) is 6.92 Å². The average molecular weight is 246 g/mol. The summed E-state index contributed by atoms with van der Waals surface area (Å²) in [5, 5.41) is 11.0. The Morgan fingerprint density at radius 2 is 1.67 bits per heavy atom. The molecule has 0 saturated heterocycles. The molecule has 100 valence electrons. The fraction of sp³-hybridized carbons (Fsp3) is 0.412. The summed E-state index contributed by atoms with van der Waals surface area (Å²) in [4.78, 5) is 0. The van der Waals surface area contributed by atoms with Crippen LogP contribution in [0.3, 0.4) is 0 Å². The van der Waals surface area contributed by atoms with Gasteiger partial charge in [0.15, 0.2) is 0 Å². The van der Waals surface area contributed by atoms with Gasteiger partial charge >= 0.3 is 0 Å². The number of hydrogen-bond acceptors (Lipinski definition) is 1. The topological polar surface area (TPSA) is 20.2 Å². The maximum Gasteiger partial charge on any atom is 0.0456 e. The highest BCUT2D eigenvalue weighted by atomic mass is 16.3. The first kappa shape index (κ1) is 16.7. The molecular weight excluding hydrogens is 220 g/mol. The molecule has 2 rings (SSSR count). The number of hydrogen-bond donors (Lipinski definition) is 1. The van der Waals surface area contributed by atoms with Crippen molar-refractivity contribution in [3.05, 3.63) is 48.0 Å². The first-order chi connectivity index (χ1) is 8.17. The predicted octanol–water partition coefficient (Wildman–Crippen LogP) is 4.81. The van der Waals surface area contributed by atoms with Crippen LogP contribution in [0.4, 0.5) is 0 Å². The highest BCUT2D eigenvalue weighted by Gasteiger charge is 1.90. The van der Waals surface area contributed by atoms with E-state index in [0.29, 0.717) is 12.5 Å². The van der Waals surface area contributed by atoms with Gasteiger partial charge in [-0.2, -0.15) is 0 Å². The molecule has 0 amide bonds. The van der Waals surface area contributed by atoms with Gasteiger partial charge in [-0.05, 0) is 23.6 Å². The Balaban J connectivity index is 0.000000362. The average Bonchev–Trinajstić information content (AvgIpc) is 2.38. The summed E-state index contributed by atoms with van der Waals surface area (Å²) in [5.41, 5.74) is 1.32. The number of aliphatic hydroxyl groups is 1. The van der Waals surface area contributed by atoms with Crippen LogP contribution in [0.2, 0.25) is 0 Å². The molecular formula is C17H26O. The van der Waals surface area contributed by atoms with Crippen molar-refractivity contribution in [1.29, 1.82) is 0 Å². The lowest BCUT2D eigenvalue weighted by molar-refractivity contribution is 0.234. The van der Waals surface area contributed by atoms with Crippen LogP contribution in [0, 0.1) is 12.8 Å². The van der Waals surface area contributed by atoms with Crippen LogP contribution >= 0.6 is 0 Å². The van der Waals surface area contributed by atoms with Crippen LogP contribution in [-0.2, 0) is 0 Å². The minimum absolute atomic E-state index is 0. The van der Waals surface area contributed by atoms with Crippen LogP contribution in [0.25, 0.3) is 10.8 Å². The monoisotopic (exact) mass is 246 g/mol. The third-order valence-electron chi connectivity index (χ3n) is 2.91. The summed E-state index contributed by atoms with van der Waals surface area (Å²) < 4.78 is 0. The molecule has 0 aliphatic heterocycles. The Morgan fingerprint density at radius 3 is 2.17 bits per heavy atom. The number of aryl methyl sites for hydroxylation is 1. The number of aliphatic hydroxyl groups excluding tert-OH is 1. The van der Waals surface area contributed by atoms with E-state index in [4.69, 9.17) is 5.11 Å². The van der Waals surface area contributed by atoms with Crippen molar-refractivity contribution in [3.63, 3.8) is 0 Å². The molecule has 0 radical (unpaired) electrons. The highest BCUT2D eigenvalue weighted by Crippen LogP contribution is 2.14. The first-order valence-electron chi connectivity index (χ1n) is 6.23. The normalized spacial score (nSPS) is 11.1. The first-order valence-corrected chi connectivity index (χ1v) is 6.23. The zero-order valence-electron chi connectivity index (χ0n) is 11.0. The lowest BCUT2D eigenvalue weighted by Gasteiger charge is -1.98. The van der Waals surface area contributed by atoms with Gasteiger partial charge in [0.05, 0.1) is 0 Å². The van der Waals surface area contributed by atoms with Gasteiger partial charge in [-0.15, -0.1) is 0 Å². The van der Waals surface area contributed by atoms with E-state index in [-0.39, 0.29) is 7.43 Å². The number of fused-ring (bicyclic) bond motifs is 1. The van der Waals surface area contributed by atoms with E-state index in [9.17, 15) is 0 Å². The lowest BCUT2D eigenvalue weighted by atomic mass is 10.1. The Morgan fingerprint density at radius 1 is 1.06 bits per heavy atom. The van der Waals surface area contributed by atoms with Crippen LogP contribution < -0.4 is 0 Å². The van der Waals surface area contributed by atoms with Crippen LogP contribution in [-0.4, -0.2) is 11.7 Å².